The van der Waals surface area contributed by atoms with Crippen LogP contribution in [0.3, 0.4) is 0 Å². The number of hydrogen-bond donors (Lipinski definition) is 1. The van der Waals surface area contributed by atoms with Crippen molar-refractivity contribution in [1.82, 2.24) is 4.90 Å². The monoisotopic (exact) mass is 212 g/mol. The molecule has 1 amide bonds. The second kappa shape index (κ2) is 5.50. The number of nitrogens with zero attached hydrogens (tertiary/aromatic N) is 1. The van der Waals surface area contributed by atoms with E-state index in [0.29, 0.717) is 18.4 Å². The van der Waals surface area contributed by atoms with Gasteiger partial charge >= 0.3 is 0 Å². The second-order valence-corrected chi connectivity index (χ2v) is 5.18. The van der Waals surface area contributed by atoms with Gasteiger partial charge in [-0.15, -0.1) is 0 Å². The number of carbonyl (C=O) groups is 1. The minimum absolute atomic E-state index is 0.0159. The highest BCUT2D eigenvalue weighted by atomic mass is 16.2. The van der Waals surface area contributed by atoms with Crippen LogP contribution in [-0.2, 0) is 4.79 Å². The van der Waals surface area contributed by atoms with Crippen molar-refractivity contribution in [2.75, 3.05) is 6.54 Å². The van der Waals surface area contributed by atoms with Gasteiger partial charge in [0.05, 0.1) is 0 Å². The van der Waals surface area contributed by atoms with E-state index >= 15 is 0 Å². The lowest BCUT2D eigenvalue weighted by atomic mass is 10.1. The fourth-order valence-corrected chi connectivity index (χ4v) is 1.69. The molecule has 0 aromatic rings. The number of amides is 1. The van der Waals surface area contributed by atoms with E-state index in [4.69, 9.17) is 5.73 Å². The largest absolute Gasteiger partial charge is 0.340 e. The van der Waals surface area contributed by atoms with Crippen molar-refractivity contribution in [3.8, 4) is 0 Å². The highest BCUT2D eigenvalue weighted by Gasteiger charge is 2.32. The minimum Gasteiger partial charge on any atom is -0.340 e. The summed E-state index contributed by atoms with van der Waals surface area (Å²) in [5.41, 5.74) is 5.66. The molecule has 0 radical (unpaired) electrons. The first-order chi connectivity index (χ1) is 7.00. The number of nitrogens with two attached hydrogens (primary N) is 1. The smallest absolute Gasteiger partial charge is 0.224 e. The lowest BCUT2D eigenvalue weighted by molar-refractivity contribution is -0.132. The highest BCUT2D eigenvalue weighted by Crippen LogP contribution is 2.28. The van der Waals surface area contributed by atoms with Crippen LogP contribution in [0.15, 0.2) is 0 Å². The summed E-state index contributed by atoms with van der Waals surface area (Å²) >= 11 is 0. The molecule has 0 spiro atoms. The zero-order valence-electron chi connectivity index (χ0n) is 10.2. The molecule has 0 aliphatic heterocycles. The molecule has 0 aromatic heterocycles. The maximum atomic E-state index is 11.9. The Morgan fingerprint density at radius 3 is 2.40 bits per heavy atom. The Balaban J connectivity index is 2.39. The molecule has 1 aliphatic rings. The summed E-state index contributed by atoms with van der Waals surface area (Å²) in [5.74, 6) is 0.905. The third kappa shape index (κ3) is 4.65. The van der Waals surface area contributed by atoms with Crippen molar-refractivity contribution in [1.29, 1.82) is 0 Å². The first-order valence-corrected chi connectivity index (χ1v) is 6.05. The van der Waals surface area contributed by atoms with Crippen LogP contribution in [0.4, 0.5) is 0 Å². The molecule has 0 aromatic carbocycles. The van der Waals surface area contributed by atoms with Crippen molar-refractivity contribution < 1.29 is 4.79 Å². The van der Waals surface area contributed by atoms with Gasteiger partial charge in [0.1, 0.15) is 0 Å². The lowest BCUT2D eigenvalue weighted by Gasteiger charge is -2.24. The molecule has 0 heterocycles. The molecule has 1 atom stereocenters. The van der Waals surface area contributed by atoms with Gasteiger partial charge in [0.25, 0.3) is 0 Å². The highest BCUT2D eigenvalue weighted by molar-refractivity contribution is 5.77. The Hall–Kier alpha value is -0.570. The van der Waals surface area contributed by atoms with Crippen LogP contribution in [0, 0.1) is 5.92 Å². The average molecular weight is 212 g/mol. The Kier molecular flexibility index (Phi) is 4.58. The molecular formula is C12H24N2O. The summed E-state index contributed by atoms with van der Waals surface area (Å²) in [6.07, 6.45) is 3.96. The molecule has 1 fully saturated rings. The van der Waals surface area contributed by atoms with E-state index < -0.39 is 0 Å². The summed E-state index contributed by atoms with van der Waals surface area (Å²) in [6.45, 7) is 7.20. The Morgan fingerprint density at radius 2 is 2.00 bits per heavy atom. The van der Waals surface area contributed by atoms with Crippen LogP contribution in [0.25, 0.3) is 0 Å². The first kappa shape index (κ1) is 12.5. The molecular weight excluding hydrogens is 188 g/mol. The summed E-state index contributed by atoms with van der Waals surface area (Å²) in [5, 5.41) is 0. The molecule has 1 saturated carbocycles. The Bertz CT molecular complexity index is 210. The Morgan fingerprint density at radius 1 is 1.40 bits per heavy atom. The van der Waals surface area contributed by atoms with Gasteiger partial charge in [-0.2, -0.15) is 0 Å². The van der Waals surface area contributed by atoms with E-state index in [1.165, 1.54) is 12.8 Å². The second-order valence-electron chi connectivity index (χ2n) is 5.18. The number of rotatable bonds is 6. The summed E-state index contributed by atoms with van der Waals surface area (Å²) in [6, 6.07) is 0.507. The van der Waals surface area contributed by atoms with Crippen molar-refractivity contribution in [2.24, 2.45) is 11.7 Å². The molecule has 15 heavy (non-hydrogen) atoms. The van der Waals surface area contributed by atoms with E-state index in [0.717, 1.165) is 13.0 Å². The van der Waals surface area contributed by atoms with E-state index in [1.54, 1.807) is 0 Å². The molecule has 1 aliphatic carbocycles. The zero-order valence-corrected chi connectivity index (χ0v) is 10.2. The first-order valence-electron chi connectivity index (χ1n) is 6.05. The van der Waals surface area contributed by atoms with Crippen molar-refractivity contribution >= 4 is 5.91 Å². The van der Waals surface area contributed by atoms with Gasteiger partial charge < -0.3 is 10.6 Å². The van der Waals surface area contributed by atoms with E-state index in [-0.39, 0.29) is 11.9 Å². The van der Waals surface area contributed by atoms with Gasteiger partial charge in [0, 0.05) is 25.0 Å². The average Bonchev–Trinajstić information content (AvgIpc) is 2.86. The van der Waals surface area contributed by atoms with Crippen LogP contribution < -0.4 is 5.73 Å². The molecule has 0 bridgehead atoms. The standard InChI is InChI=1S/C12H24N2O/c1-9(2)6-7-14(11-4-5-11)12(15)8-10(3)13/h9-11H,4-8,13H2,1-3H3. The summed E-state index contributed by atoms with van der Waals surface area (Å²) < 4.78 is 0. The normalized spacial score (nSPS) is 17.9. The molecule has 2 N–H and O–H groups in total. The van der Waals surface area contributed by atoms with Crippen LogP contribution >= 0.6 is 0 Å². The number of carbonyl (C=O) groups excluding carboxylic acids is 1. The van der Waals surface area contributed by atoms with Gasteiger partial charge in [0.15, 0.2) is 0 Å². The van der Waals surface area contributed by atoms with E-state index in [2.05, 4.69) is 13.8 Å². The van der Waals surface area contributed by atoms with Gasteiger partial charge in [0.2, 0.25) is 5.91 Å². The minimum atomic E-state index is -0.0159. The summed E-state index contributed by atoms with van der Waals surface area (Å²) in [4.78, 5) is 13.9. The van der Waals surface area contributed by atoms with E-state index in [1.807, 2.05) is 11.8 Å². The maximum Gasteiger partial charge on any atom is 0.224 e. The molecule has 3 nitrogen and oxygen atoms in total. The van der Waals surface area contributed by atoms with Crippen LogP contribution in [-0.4, -0.2) is 29.4 Å². The van der Waals surface area contributed by atoms with Gasteiger partial charge in [-0.3, -0.25) is 4.79 Å². The lowest BCUT2D eigenvalue weighted by Crippen LogP contribution is -2.37. The molecule has 0 saturated heterocycles. The van der Waals surface area contributed by atoms with Crippen molar-refractivity contribution in [3.05, 3.63) is 0 Å². The number of hydrogen-bond acceptors (Lipinski definition) is 2. The predicted octanol–water partition coefficient (Wildman–Crippen LogP) is 1.76. The SMILES string of the molecule is CC(C)CCN(C(=O)CC(C)N)C1CC1. The van der Waals surface area contributed by atoms with Crippen molar-refractivity contribution in [3.63, 3.8) is 0 Å². The van der Waals surface area contributed by atoms with Crippen molar-refractivity contribution in [2.45, 2.75) is 58.5 Å². The maximum absolute atomic E-state index is 11.9. The van der Waals surface area contributed by atoms with Gasteiger partial charge in [-0.25, -0.2) is 0 Å². The van der Waals surface area contributed by atoms with Crippen LogP contribution in [0.1, 0.15) is 46.5 Å². The third-order valence-electron chi connectivity index (χ3n) is 2.75. The van der Waals surface area contributed by atoms with E-state index in [9.17, 15) is 4.79 Å². The molecule has 1 unspecified atom stereocenters. The van der Waals surface area contributed by atoms with Crippen LogP contribution in [0.5, 0.6) is 0 Å². The summed E-state index contributed by atoms with van der Waals surface area (Å²) in [7, 11) is 0. The molecule has 88 valence electrons. The van der Waals surface area contributed by atoms with Crippen LogP contribution in [0.2, 0.25) is 0 Å². The fraction of sp³-hybridized carbons (Fsp3) is 0.917. The predicted molar refractivity (Wildman–Crippen MR) is 62.5 cm³/mol. The quantitative estimate of drug-likeness (QED) is 0.729. The van der Waals surface area contributed by atoms with Gasteiger partial charge in [-0.1, -0.05) is 13.8 Å². The van der Waals surface area contributed by atoms with Gasteiger partial charge in [-0.05, 0) is 32.1 Å². The zero-order chi connectivity index (χ0) is 11.4. The molecule has 1 rings (SSSR count). The molecule has 3 heteroatoms. The topological polar surface area (TPSA) is 46.3 Å². The fourth-order valence-electron chi connectivity index (χ4n) is 1.69. The Labute approximate surface area is 93.0 Å². The third-order valence-corrected chi connectivity index (χ3v) is 2.75.